The van der Waals surface area contributed by atoms with Crippen LogP contribution >= 0.6 is 0 Å². The first-order valence-electron chi connectivity index (χ1n) is 6.28. The Hall–Kier alpha value is -1.00. The molecule has 0 heterocycles. The van der Waals surface area contributed by atoms with Crippen molar-refractivity contribution in [3.05, 3.63) is 30.3 Å². The van der Waals surface area contributed by atoms with E-state index in [-0.39, 0.29) is 0 Å². The molecule has 0 aliphatic heterocycles. The van der Waals surface area contributed by atoms with Crippen LogP contribution in [0.15, 0.2) is 30.3 Å². The Morgan fingerprint density at radius 3 is 2.00 bits per heavy atom. The van der Waals surface area contributed by atoms with E-state index < -0.39 is 8.07 Å². The van der Waals surface area contributed by atoms with Gasteiger partial charge in [-0.05, 0) is 24.2 Å². The monoisotopic (exact) mass is 230 g/mol. The highest BCUT2D eigenvalue weighted by Gasteiger charge is 2.31. The third-order valence-electron chi connectivity index (χ3n) is 3.04. The molecule has 1 aromatic rings. The average Bonchev–Trinajstić information content (AvgIpc) is 2.31. The zero-order chi connectivity index (χ0) is 11.9. The van der Waals surface area contributed by atoms with Crippen molar-refractivity contribution in [2.45, 2.75) is 45.7 Å². The fourth-order valence-electron chi connectivity index (χ4n) is 2.46. The molecule has 1 heteroatoms. The molecule has 16 heavy (non-hydrogen) atoms. The summed E-state index contributed by atoms with van der Waals surface area (Å²) in [5, 5.41) is 1.52. The molecule has 1 aromatic carbocycles. The van der Waals surface area contributed by atoms with E-state index in [0.717, 1.165) is 0 Å². The molecular formula is C15H22Si. The smallest absolute Gasteiger partial charge is 0.126 e. The molecular weight excluding hydrogens is 208 g/mol. The lowest BCUT2D eigenvalue weighted by atomic mass is 10.4. The average molecular weight is 230 g/mol. The molecule has 0 saturated carbocycles. The van der Waals surface area contributed by atoms with Gasteiger partial charge in [-0.25, -0.2) is 0 Å². The van der Waals surface area contributed by atoms with Crippen molar-refractivity contribution in [3.63, 3.8) is 0 Å². The molecule has 0 saturated heterocycles. The van der Waals surface area contributed by atoms with Crippen LogP contribution in [0, 0.1) is 11.5 Å². The summed E-state index contributed by atoms with van der Waals surface area (Å²) in [7, 11) is -1.53. The molecule has 0 nitrogen and oxygen atoms in total. The van der Waals surface area contributed by atoms with E-state index in [1.54, 1.807) is 0 Å². The molecule has 1 rings (SSSR count). The number of rotatable bonds is 5. The molecule has 0 atom stereocenters. The van der Waals surface area contributed by atoms with Crippen LogP contribution in [0.2, 0.25) is 12.1 Å². The molecule has 0 spiro atoms. The lowest BCUT2D eigenvalue weighted by Crippen LogP contribution is -2.46. The Morgan fingerprint density at radius 2 is 1.56 bits per heavy atom. The largest absolute Gasteiger partial charge is 0.168 e. The van der Waals surface area contributed by atoms with Crippen LogP contribution in [-0.4, -0.2) is 8.07 Å². The van der Waals surface area contributed by atoms with E-state index in [1.165, 1.54) is 30.1 Å². The number of hydrogen-bond donors (Lipinski definition) is 0. The van der Waals surface area contributed by atoms with Crippen molar-refractivity contribution in [2.24, 2.45) is 0 Å². The zero-order valence-electron chi connectivity index (χ0n) is 10.7. The van der Waals surface area contributed by atoms with Gasteiger partial charge in [0.25, 0.3) is 0 Å². The maximum atomic E-state index is 3.60. The van der Waals surface area contributed by atoms with Crippen LogP contribution in [0.5, 0.6) is 0 Å². The second kappa shape index (κ2) is 6.55. The summed E-state index contributed by atoms with van der Waals surface area (Å²) in [6.45, 7) is 6.53. The highest BCUT2D eigenvalue weighted by Crippen LogP contribution is 2.19. The van der Waals surface area contributed by atoms with Gasteiger partial charge in [0.15, 0.2) is 8.07 Å². The van der Waals surface area contributed by atoms with E-state index in [1.807, 2.05) is 6.92 Å². The van der Waals surface area contributed by atoms with Gasteiger partial charge in [0, 0.05) is 0 Å². The minimum Gasteiger partial charge on any atom is -0.126 e. The highest BCUT2D eigenvalue weighted by molar-refractivity contribution is 6.98. The third kappa shape index (κ3) is 2.99. The minimum absolute atomic E-state index is 1.25. The van der Waals surface area contributed by atoms with Crippen molar-refractivity contribution < 1.29 is 0 Å². The Morgan fingerprint density at radius 1 is 1.00 bits per heavy atom. The quantitative estimate of drug-likeness (QED) is 0.534. The first-order chi connectivity index (χ1) is 7.79. The van der Waals surface area contributed by atoms with Crippen molar-refractivity contribution in [1.82, 2.24) is 0 Å². The van der Waals surface area contributed by atoms with Crippen LogP contribution in [0.4, 0.5) is 0 Å². The van der Waals surface area contributed by atoms with E-state index in [2.05, 4.69) is 55.6 Å². The maximum absolute atomic E-state index is 3.60. The van der Waals surface area contributed by atoms with E-state index >= 15 is 0 Å². The lowest BCUT2D eigenvalue weighted by molar-refractivity contribution is 0.999. The predicted octanol–water partition coefficient (Wildman–Crippen LogP) is 3.72. The van der Waals surface area contributed by atoms with Crippen LogP contribution in [0.25, 0.3) is 0 Å². The van der Waals surface area contributed by atoms with Gasteiger partial charge in [-0.1, -0.05) is 57.0 Å². The van der Waals surface area contributed by atoms with Crippen molar-refractivity contribution in [3.8, 4) is 11.5 Å². The fraction of sp³-hybridized carbons (Fsp3) is 0.467. The summed E-state index contributed by atoms with van der Waals surface area (Å²) in [5.74, 6) is 3.19. The summed E-state index contributed by atoms with van der Waals surface area (Å²) < 4.78 is 0. The van der Waals surface area contributed by atoms with E-state index in [4.69, 9.17) is 0 Å². The van der Waals surface area contributed by atoms with Gasteiger partial charge in [-0.15, -0.1) is 11.5 Å². The summed E-state index contributed by atoms with van der Waals surface area (Å²) in [6, 6.07) is 13.6. The second-order valence-corrected chi connectivity index (χ2v) is 8.31. The molecule has 86 valence electrons. The second-order valence-electron chi connectivity index (χ2n) is 4.32. The highest BCUT2D eigenvalue weighted by atomic mass is 28.3. The molecule has 0 fully saturated rings. The topological polar surface area (TPSA) is 0 Å². The molecule has 0 aromatic heterocycles. The van der Waals surface area contributed by atoms with Gasteiger partial charge in [0.2, 0.25) is 0 Å². The van der Waals surface area contributed by atoms with Crippen LogP contribution in [0.1, 0.15) is 33.6 Å². The Labute approximate surface area is 101 Å². The van der Waals surface area contributed by atoms with Crippen molar-refractivity contribution in [1.29, 1.82) is 0 Å². The first-order valence-corrected chi connectivity index (χ1v) is 8.70. The number of hydrogen-bond acceptors (Lipinski definition) is 0. The predicted molar refractivity (Wildman–Crippen MR) is 75.5 cm³/mol. The minimum atomic E-state index is -1.53. The van der Waals surface area contributed by atoms with Crippen molar-refractivity contribution >= 4 is 13.3 Å². The summed E-state index contributed by atoms with van der Waals surface area (Å²) in [6.07, 6.45) is 2.49. The molecule has 0 N–H and O–H groups in total. The standard InChI is InChI=1S/C15H22Si/c1-4-12-16(13-5-2,14-6-3)15-10-8-7-9-11-15/h7-11H,4-5,12-13H2,1-3H3. The summed E-state index contributed by atoms with van der Waals surface area (Å²) in [4.78, 5) is 0. The summed E-state index contributed by atoms with van der Waals surface area (Å²) in [5.41, 5.74) is 3.60. The molecule has 0 aliphatic rings. The summed E-state index contributed by atoms with van der Waals surface area (Å²) >= 11 is 0. The van der Waals surface area contributed by atoms with Gasteiger partial charge < -0.3 is 0 Å². The first kappa shape index (κ1) is 13.1. The molecule has 0 radical (unpaired) electrons. The van der Waals surface area contributed by atoms with Gasteiger partial charge in [0.1, 0.15) is 0 Å². The Balaban J connectivity index is 3.13. The lowest BCUT2D eigenvalue weighted by Gasteiger charge is -2.25. The molecule has 0 bridgehead atoms. The fourth-order valence-corrected chi connectivity index (χ4v) is 6.70. The molecule has 0 unspecified atom stereocenters. The van der Waals surface area contributed by atoms with Gasteiger partial charge >= 0.3 is 0 Å². The normalized spacial score (nSPS) is 10.7. The van der Waals surface area contributed by atoms with Crippen LogP contribution in [0.3, 0.4) is 0 Å². The Bertz CT molecular complexity index is 350. The van der Waals surface area contributed by atoms with E-state index in [9.17, 15) is 0 Å². The SMILES string of the molecule is CC#C[Si](CCC)(CCC)c1ccccc1. The zero-order valence-corrected chi connectivity index (χ0v) is 11.7. The van der Waals surface area contributed by atoms with Gasteiger partial charge in [-0.2, -0.15) is 0 Å². The maximum Gasteiger partial charge on any atom is 0.168 e. The third-order valence-corrected chi connectivity index (χ3v) is 7.92. The molecule has 0 amide bonds. The number of benzene rings is 1. The van der Waals surface area contributed by atoms with Crippen LogP contribution < -0.4 is 5.19 Å². The Kier molecular flexibility index (Phi) is 5.35. The van der Waals surface area contributed by atoms with Gasteiger partial charge in [-0.3, -0.25) is 0 Å². The van der Waals surface area contributed by atoms with Crippen LogP contribution in [-0.2, 0) is 0 Å². The van der Waals surface area contributed by atoms with Crippen molar-refractivity contribution in [2.75, 3.05) is 0 Å². The van der Waals surface area contributed by atoms with Gasteiger partial charge in [0.05, 0.1) is 0 Å². The van der Waals surface area contributed by atoms with E-state index in [0.29, 0.717) is 0 Å². The molecule has 0 aliphatic carbocycles.